The van der Waals surface area contributed by atoms with Gasteiger partial charge in [0.25, 0.3) is 0 Å². The van der Waals surface area contributed by atoms with Crippen LogP contribution in [-0.2, 0) is 14.8 Å². The molecule has 2 heterocycles. The Bertz CT molecular complexity index is 320. The molecule has 2 unspecified atom stereocenters. The summed E-state index contributed by atoms with van der Waals surface area (Å²) >= 11 is 0. The van der Waals surface area contributed by atoms with Gasteiger partial charge in [0.1, 0.15) is 0 Å². The number of ether oxygens (including phenoxy) is 1. The van der Waals surface area contributed by atoms with E-state index in [9.17, 15) is 8.42 Å². The highest BCUT2D eigenvalue weighted by atomic mass is 32.2. The molecule has 2 atom stereocenters. The van der Waals surface area contributed by atoms with Gasteiger partial charge in [-0.15, -0.1) is 0 Å². The van der Waals surface area contributed by atoms with Gasteiger partial charge in [0.15, 0.2) is 0 Å². The van der Waals surface area contributed by atoms with E-state index in [1.807, 2.05) is 0 Å². The van der Waals surface area contributed by atoms with Gasteiger partial charge in [0.05, 0.1) is 12.4 Å². The molecule has 2 saturated heterocycles. The topological polar surface area (TPSA) is 67.4 Å². The molecule has 0 aromatic rings. The van der Waals surface area contributed by atoms with E-state index in [2.05, 4.69) is 10.0 Å². The summed E-state index contributed by atoms with van der Waals surface area (Å²) in [5, 5.41) is 3.31. The molecule has 0 aliphatic carbocycles. The van der Waals surface area contributed by atoms with Gasteiger partial charge < -0.3 is 10.1 Å². The Hall–Kier alpha value is -0.170. The van der Waals surface area contributed by atoms with Crippen LogP contribution in [0, 0.1) is 5.92 Å². The monoisotopic (exact) mass is 262 g/mol. The molecule has 0 spiro atoms. The van der Waals surface area contributed by atoms with E-state index in [1.54, 1.807) is 0 Å². The fourth-order valence-electron chi connectivity index (χ4n) is 2.43. The number of nitrogens with one attached hydrogen (secondary N) is 2. The molecule has 0 saturated carbocycles. The Labute approximate surface area is 103 Å². The van der Waals surface area contributed by atoms with Crippen molar-refractivity contribution in [2.75, 3.05) is 32.1 Å². The highest BCUT2D eigenvalue weighted by Crippen LogP contribution is 2.15. The van der Waals surface area contributed by atoms with Gasteiger partial charge in [-0.2, -0.15) is 0 Å². The minimum atomic E-state index is -3.12. The summed E-state index contributed by atoms with van der Waals surface area (Å²) in [6.07, 6.45) is 3.86. The van der Waals surface area contributed by atoms with E-state index in [0.29, 0.717) is 19.1 Å². The lowest BCUT2D eigenvalue weighted by molar-refractivity contribution is 0.192. The molecule has 2 aliphatic rings. The van der Waals surface area contributed by atoms with Crippen LogP contribution in [0.5, 0.6) is 0 Å². The Kier molecular flexibility index (Phi) is 4.78. The second-order valence-corrected chi connectivity index (χ2v) is 6.87. The summed E-state index contributed by atoms with van der Waals surface area (Å²) < 4.78 is 31.6. The summed E-state index contributed by atoms with van der Waals surface area (Å²) in [6, 6.07) is -0.00974. The lowest BCUT2D eigenvalue weighted by Gasteiger charge is -2.22. The lowest BCUT2D eigenvalue weighted by atomic mass is 9.97. The van der Waals surface area contributed by atoms with Crippen molar-refractivity contribution in [2.45, 2.75) is 31.7 Å². The SMILES string of the molecule is O=S(=O)(CCC1CCCNC1)NC1CCOC1. The van der Waals surface area contributed by atoms with Gasteiger partial charge in [0.2, 0.25) is 10.0 Å². The molecule has 0 bridgehead atoms. The van der Waals surface area contributed by atoms with Crippen molar-refractivity contribution in [3.05, 3.63) is 0 Å². The fraction of sp³-hybridized carbons (Fsp3) is 1.00. The number of hydrogen-bond acceptors (Lipinski definition) is 4. The van der Waals surface area contributed by atoms with Crippen molar-refractivity contribution >= 4 is 10.0 Å². The van der Waals surface area contributed by atoms with Crippen LogP contribution in [0.1, 0.15) is 25.7 Å². The highest BCUT2D eigenvalue weighted by molar-refractivity contribution is 7.89. The molecule has 0 aromatic heterocycles. The predicted octanol–water partition coefficient (Wildman–Crippen LogP) is 0.0844. The van der Waals surface area contributed by atoms with Gasteiger partial charge in [-0.05, 0) is 44.7 Å². The highest BCUT2D eigenvalue weighted by Gasteiger charge is 2.23. The number of hydrogen-bond donors (Lipinski definition) is 2. The zero-order valence-electron chi connectivity index (χ0n) is 10.2. The zero-order valence-corrected chi connectivity index (χ0v) is 11.0. The first kappa shape index (κ1) is 13.3. The Morgan fingerprint density at radius 1 is 1.35 bits per heavy atom. The predicted molar refractivity (Wildman–Crippen MR) is 66.4 cm³/mol. The molecule has 0 amide bonds. The summed E-state index contributed by atoms with van der Waals surface area (Å²) in [7, 11) is -3.12. The molecule has 0 radical (unpaired) electrons. The van der Waals surface area contributed by atoms with Crippen molar-refractivity contribution in [1.82, 2.24) is 10.0 Å². The van der Waals surface area contributed by atoms with Crippen LogP contribution >= 0.6 is 0 Å². The Morgan fingerprint density at radius 2 is 2.24 bits per heavy atom. The zero-order chi connectivity index (χ0) is 12.1. The van der Waals surface area contributed by atoms with Gasteiger partial charge in [-0.1, -0.05) is 0 Å². The standard InChI is InChI=1S/C11H22N2O3S/c14-17(15,13-11-3-6-16-9-11)7-4-10-2-1-5-12-8-10/h10-13H,1-9H2. The lowest BCUT2D eigenvalue weighted by Crippen LogP contribution is -2.38. The van der Waals surface area contributed by atoms with E-state index in [0.717, 1.165) is 38.8 Å². The fourth-order valence-corrected chi connectivity index (χ4v) is 3.89. The van der Waals surface area contributed by atoms with Crippen molar-refractivity contribution < 1.29 is 13.2 Å². The minimum absolute atomic E-state index is 0.00974. The van der Waals surface area contributed by atoms with Gasteiger partial charge >= 0.3 is 0 Å². The molecule has 2 N–H and O–H groups in total. The first-order valence-corrected chi connectivity index (χ1v) is 8.09. The van der Waals surface area contributed by atoms with Crippen LogP contribution in [0.3, 0.4) is 0 Å². The third kappa shape index (κ3) is 4.54. The van der Waals surface area contributed by atoms with Gasteiger partial charge in [-0.25, -0.2) is 13.1 Å². The van der Waals surface area contributed by atoms with Crippen LogP contribution < -0.4 is 10.0 Å². The molecule has 6 heteroatoms. The van der Waals surface area contributed by atoms with Crippen LogP contribution in [-0.4, -0.2) is 46.5 Å². The molecule has 2 fully saturated rings. The van der Waals surface area contributed by atoms with Gasteiger partial charge in [0, 0.05) is 12.6 Å². The smallest absolute Gasteiger partial charge is 0.211 e. The first-order valence-electron chi connectivity index (χ1n) is 6.44. The van der Waals surface area contributed by atoms with Crippen LogP contribution in [0.25, 0.3) is 0 Å². The molecular formula is C11H22N2O3S. The van der Waals surface area contributed by atoms with E-state index < -0.39 is 10.0 Å². The van der Waals surface area contributed by atoms with E-state index in [1.165, 1.54) is 0 Å². The van der Waals surface area contributed by atoms with Crippen molar-refractivity contribution in [2.24, 2.45) is 5.92 Å². The van der Waals surface area contributed by atoms with Crippen molar-refractivity contribution in [1.29, 1.82) is 0 Å². The molecule has 5 nitrogen and oxygen atoms in total. The molecule has 17 heavy (non-hydrogen) atoms. The Morgan fingerprint density at radius 3 is 2.88 bits per heavy atom. The molecule has 0 aromatic carbocycles. The van der Waals surface area contributed by atoms with Crippen molar-refractivity contribution in [3.8, 4) is 0 Å². The number of sulfonamides is 1. The molecule has 2 aliphatic heterocycles. The largest absolute Gasteiger partial charge is 0.380 e. The number of piperidine rings is 1. The second-order valence-electron chi connectivity index (χ2n) is 5.00. The Balaban J connectivity index is 1.72. The van der Waals surface area contributed by atoms with Crippen LogP contribution in [0.15, 0.2) is 0 Å². The average Bonchev–Trinajstić information content (AvgIpc) is 2.80. The maximum Gasteiger partial charge on any atom is 0.211 e. The van der Waals surface area contributed by atoms with Crippen molar-refractivity contribution in [3.63, 3.8) is 0 Å². The first-order chi connectivity index (χ1) is 8.16. The molecule has 2 rings (SSSR count). The summed E-state index contributed by atoms with van der Waals surface area (Å²) in [4.78, 5) is 0. The second kappa shape index (κ2) is 6.13. The average molecular weight is 262 g/mol. The van der Waals surface area contributed by atoms with Crippen LogP contribution in [0.2, 0.25) is 0 Å². The molecular weight excluding hydrogens is 240 g/mol. The normalized spacial score (nSPS) is 30.6. The van der Waals surface area contributed by atoms with Gasteiger partial charge in [-0.3, -0.25) is 0 Å². The minimum Gasteiger partial charge on any atom is -0.380 e. The van der Waals surface area contributed by atoms with E-state index >= 15 is 0 Å². The van der Waals surface area contributed by atoms with Crippen LogP contribution in [0.4, 0.5) is 0 Å². The summed E-state index contributed by atoms with van der Waals surface area (Å²) in [5.74, 6) is 0.760. The third-order valence-electron chi connectivity index (χ3n) is 3.47. The summed E-state index contributed by atoms with van der Waals surface area (Å²) in [6.45, 7) is 3.22. The third-order valence-corrected chi connectivity index (χ3v) is 4.94. The maximum absolute atomic E-state index is 11.8. The van der Waals surface area contributed by atoms with E-state index in [4.69, 9.17) is 4.74 Å². The summed E-state index contributed by atoms with van der Waals surface area (Å²) in [5.41, 5.74) is 0. The quantitative estimate of drug-likeness (QED) is 0.736. The maximum atomic E-state index is 11.8. The van der Waals surface area contributed by atoms with E-state index in [-0.39, 0.29) is 11.8 Å². The number of rotatable bonds is 5. The molecule has 100 valence electrons.